The van der Waals surface area contributed by atoms with Crippen LogP contribution in [0, 0.1) is 6.92 Å². The molecule has 1 aliphatic rings. The predicted molar refractivity (Wildman–Crippen MR) is 107 cm³/mol. The number of aliphatic imine (C=N–C) groups is 1. The molecule has 0 aliphatic carbocycles. The van der Waals surface area contributed by atoms with Gasteiger partial charge in [-0.2, -0.15) is 0 Å². The molecule has 0 unspecified atom stereocenters. The number of rotatable bonds is 4. The molecule has 1 amide bonds. The molecular weight excluding hydrogens is 364 g/mol. The van der Waals surface area contributed by atoms with E-state index in [1.165, 1.54) is 28.8 Å². The highest BCUT2D eigenvalue weighted by Crippen LogP contribution is 2.33. The zero-order chi connectivity index (χ0) is 19.6. The average molecular weight is 382 g/mol. The first-order chi connectivity index (χ1) is 12.9. The molecule has 2 aromatic rings. The summed E-state index contributed by atoms with van der Waals surface area (Å²) in [6, 6.07) is 12.0. The van der Waals surface area contributed by atoms with Gasteiger partial charge in [0.05, 0.1) is 23.3 Å². The predicted octanol–water partition coefficient (Wildman–Crippen LogP) is 3.94. The van der Waals surface area contributed by atoms with Crippen molar-refractivity contribution in [2.75, 3.05) is 14.2 Å². The third-order valence-corrected chi connectivity index (χ3v) is 5.10. The molecule has 3 rings (SSSR count). The number of aromatic carboxylic acids is 1. The minimum absolute atomic E-state index is 0.151. The third kappa shape index (κ3) is 4.03. The van der Waals surface area contributed by atoms with Crippen molar-refractivity contribution >= 4 is 40.6 Å². The third-order valence-electron chi connectivity index (χ3n) is 4.04. The summed E-state index contributed by atoms with van der Waals surface area (Å²) in [5, 5.41) is 9.59. The summed E-state index contributed by atoms with van der Waals surface area (Å²) in [5.41, 5.74) is 2.51. The molecule has 6 nitrogen and oxygen atoms in total. The summed E-state index contributed by atoms with van der Waals surface area (Å²) in [7, 11) is 3.27. The van der Waals surface area contributed by atoms with Crippen LogP contribution < -0.4 is 4.74 Å². The van der Waals surface area contributed by atoms with Gasteiger partial charge in [0.2, 0.25) is 0 Å². The maximum atomic E-state index is 12.5. The monoisotopic (exact) mass is 382 g/mol. The van der Waals surface area contributed by atoms with Gasteiger partial charge in [-0.1, -0.05) is 12.1 Å². The minimum atomic E-state index is -1.02. The van der Waals surface area contributed by atoms with E-state index >= 15 is 0 Å². The van der Waals surface area contributed by atoms with Crippen LogP contribution in [0.2, 0.25) is 0 Å². The Bertz CT molecular complexity index is 982. The first kappa shape index (κ1) is 18.7. The zero-order valence-corrected chi connectivity index (χ0v) is 15.9. The molecule has 1 fully saturated rings. The van der Waals surface area contributed by atoms with Gasteiger partial charge in [0, 0.05) is 7.05 Å². The minimum Gasteiger partial charge on any atom is -0.496 e. The number of carboxylic acid groups (broad SMARTS) is 1. The molecule has 0 radical (unpaired) electrons. The molecule has 1 heterocycles. The van der Waals surface area contributed by atoms with Gasteiger partial charge in [-0.05, 0) is 66.2 Å². The van der Waals surface area contributed by atoms with Gasteiger partial charge in [0.15, 0.2) is 5.17 Å². The van der Waals surface area contributed by atoms with Crippen molar-refractivity contribution in [1.82, 2.24) is 4.90 Å². The standard InChI is InChI=1S/C20H18N2O4S/c1-12-9-13(7-8-16(12)26-3)10-17-18(23)22(2)20(27-17)21-15-6-4-5-14(11-15)19(24)25/h4-11H,1-3H3,(H,24,25)/b17-10-,21-20?. The molecule has 2 aromatic carbocycles. The maximum absolute atomic E-state index is 12.5. The number of nitrogens with zero attached hydrogens (tertiary/aromatic N) is 2. The summed E-state index contributed by atoms with van der Waals surface area (Å²) in [6.07, 6.45) is 1.81. The summed E-state index contributed by atoms with van der Waals surface area (Å²) in [5.74, 6) is -0.377. The Morgan fingerprint density at radius 1 is 1.26 bits per heavy atom. The number of carbonyl (C=O) groups excluding carboxylic acids is 1. The number of hydrogen-bond donors (Lipinski definition) is 1. The Hall–Kier alpha value is -3.06. The highest BCUT2D eigenvalue weighted by Gasteiger charge is 2.30. The number of amidine groups is 1. The normalized spacial score (nSPS) is 17.0. The lowest BCUT2D eigenvalue weighted by atomic mass is 10.1. The fourth-order valence-corrected chi connectivity index (χ4v) is 3.60. The second kappa shape index (κ2) is 7.67. The van der Waals surface area contributed by atoms with Crippen molar-refractivity contribution in [3.63, 3.8) is 0 Å². The van der Waals surface area contributed by atoms with Gasteiger partial charge in [-0.25, -0.2) is 9.79 Å². The van der Waals surface area contributed by atoms with Gasteiger partial charge < -0.3 is 9.84 Å². The second-order valence-corrected chi connectivity index (χ2v) is 6.96. The van der Waals surface area contributed by atoms with Crippen molar-refractivity contribution in [3.8, 4) is 5.75 Å². The lowest BCUT2D eigenvalue weighted by Crippen LogP contribution is -2.23. The number of aryl methyl sites for hydroxylation is 1. The van der Waals surface area contributed by atoms with Crippen LogP contribution in [-0.2, 0) is 4.79 Å². The van der Waals surface area contributed by atoms with E-state index in [4.69, 9.17) is 9.84 Å². The number of carbonyl (C=O) groups is 2. The number of carboxylic acids is 1. The molecule has 1 aliphatic heterocycles. The number of methoxy groups -OCH3 is 1. The van der Waals surface area contributed by atoms with Crippen LogP contribution in [0.1, 0.15) is 21.5 Å². The van der Waals surface area contributed by atoms with E-state index in [0.29, 0.717) is 15.8 Å². The van der Waals surface area contributed by atoms with E-state index in [1.807, 2.05) is 31.2 Å². The van der Waals surface area contributed by atoms with Crippen LogP contribution >= 0.6 is 11.8 Å². The van der Waals surface area contributed by atoms with Crippen molar-refractivity contribution < 1.29 is 19.4 Å². The van der Waals surface area contributed by atoms with Crippen molar-refractivity contribution in [2.24, 2.45) is 4.99 Å². The molecule has 7 heteroatoms. The van der Waals surface area contributed by atoms with E-state index in [2.05, 4.69) is 4.99 Å². The van der Waals surface area contributed by atoms with Gasteiger partial charge in [-0.15, -0.1) is 0 Å². The number of thioether (sulfide) groups is 1. The maximum Gasteiger partial charge on any atom is 0.335 e. The van der Waals surface area contributed by atoms with Gasteiger partial charge in [0.1, 0.15) is 5.75 Å². The SMILES string of the molecule is COc1ccc(/C=C2\SC(=Nc3cccc(C(=O)O)c3)N(C)C2=O)cc1C. The Morgan fingerprint density at radius 3 is 2.70 bits per heavy atom. The lowest BCUT2D eigenvalue weighted by Gasteiger charge is -2.07. The number of benzene rings is 2. The molecule has 0 saturated carbocycles. The molecule has 0 spiro atoms. The average Bonchev–Trinajstić information content (AvgIpc) is 2.90. The first-order valence-corrected chi connectivity index (χ1v) is 8.95. The second-order valence-electron chi connectivity index (χ2n) is 5.95. The van der Waals surface area contributed by atoms with Crippen LogP contribution in [-0.4, -0.2) is 41.2 Å². The fraction of sp³-hybridized carbons (Fsp3) is 0.150. The zero-order valence-electron chi connectivity index (χ0n) is 15.1. The quantitative estimate of drug-likeness (QED) is 0.811. The van der Waals surface area contributed by atoms with Crippen molar-refractivity contribution in [1.29, 1.82) is 0 Å². The molecule has 1 saturated heterocycles. The van der Waals surface area contributed by atoms with E-state index in [-0.39, 0.29) is 11.5 Å². The van der Waals surface area contributed by atoms with Crippen LogP contribution in [0.3, 0.4) is 0 Å². The van der Waals surface area contributed by atoms with Gasteiger partial charge in [-0.3, -0.25) is 9.69 Å². The van der Waals surface area contributed by atoms with Crippen molar-refractivity contribution in [3.05, 3.63) is 64.1 Å². The van der Waals surface area contributed by atoms with E-state index in [1.54, 1.807) is 26.3 Å². The molecule has 0 bridgehead atoms. The van der Waals surface area contributed by atoms with Crippen LogP contribution in [0.4, 0.5) is 5.69 Å². The van der Waals surface area contributed by atoms with Crippen LogP contribution in [0.25, 0.3) is 6.08 Å². The van der Waals surface area contributed by atoms with Crippen molar-refractivity contribution in [2.45, 2.75) is 6.92 Å². The lowest BCUT2D eigenvalue weighted by molar-refractivity contribution is -0.121. The fourth-order valence-electron chi connectivity index (χ4n) is 2.61. The molecule has 1 N–H and O–H groups in total. The molecule has 27 heavy (non-hydrogen) atoms. The highest BCUT2D eigenvalue weighted by atomic mass is 32.2. The number of ether oxygens (including phenoxy) is 1. The first-order valence-electron chi connectivity index (χ1n) is 8.13. The molecule has 138 valence electrons. The summed E-state index contributed by atoms with van der Waals surface area (Å²) in [4.78, 5) is 30.1. The highest BCUT2D eigenvalue weighted by molar-refractivity contribution is 8.18. The topological polar surface area (TPSA) is 79.2 Å². The molecule has 0 atom stereocenters. The summed E-state index contributed by atoms with van der Waals surface area (Å²) in [6.45, 7) is 1.94. The Morgan fingerprint density at radius 2 is 2.04 bits per heavy atom. The van der Waals surface area contributed by atoms with Crippen LogP contribution in [0.15, 0.2) is 52.4 Å². The largest absolute Gasteiger partial charge is 0.496 e. The molecular formula is C20H18N2O4S. The van der Waals surface area contributed by atoms with Crippen LogP contribution in [0.5, 0.6) is 5.75 Å². The van der Waals surface area contributed by atoms with E-state index in [0.717, 1.165) is 16.9 Å². The summed E-state index contributed by atoms with van der Waals surface area (Å²) < 4.78 is 5.26. The number of likely N-dealkylation sites (N-methyl/N-ethyl adjacent to an activating group) is 1. The van der Waals surface area contributed by atoms with Gasteiger partial charge >= 0.3 is 5.97 Å². The van der Waals surface area contributed by atoms with Gasteiger partial charge in [0.25, 0.3) is 5.91 Å². The Labute approximate surface area is 161 Å². The Kier molecular flexibility index (Phi) is 5.32. The number of amides is 1. The number of hydrogen-bond acceptors (Lipinski definition) is 5. The Balaban J connectivity index is 1.89. The summed E-state index contributed by atoms with van der Waals surface area (Å²) >= 11 is 1.26. The van der Waals surface area contributed by atoms with E-state index < -0.39 is 5.97 Å². The molecule has 0 aromatic heterocycles. The smallest absolute Gasteiger partial charge is 0.335 e. The van der Waals surface area contributed by atoms with E-state index in [9.17, 15) is 9.59 Å².